The first-order valence-corrected chi connectivity index (χ1v) is 6.98. The molecule has 1 unspecified atom stereocenters. The number of anilines is 1. The van der Waals surface area contributed by atoms with Gasteiger partial charge in [-0.2, -0.15) is 0 Å². The number of likely N-dealkylation sites (tertiary alicyclic amines) is 1. The first kappa shape index (κ1) is 13.7. The fraction of sp³-hybridized carbons (Fsp3) is 0.571. The fourth-order valence-corrected chi connectivity index (χ4v) is 2.94. The lowest BCUT2D eigenvalue weighted by Crippen LogP contribution is -2.29. The Hall–Kier alpha value is -0.770. The van der Waals surface area contributed by atoms with E-state index in [4.69, 9.17) is 22.4 Å². The topological polar surface area (TPSA) is 49.5 Å². The number of rotatable bonds is 5. The van der Waals surface area contributed by atoms with Crippen LogP contribution < -0.4 is 5.73 Å². The van der Waals surface area contributed by atoms with E-state index in [9.17, 15) is 0 Å². The van der Waals surface area contributed by atoms with Crippen LogP contribution in [0.2, 0.25) is 5.02 Å². The molecule has 1 aromatic carbocycles. The lowest BCUT2D eigenvalue weighted by molar-refractivity contribution is 0.210. The normalized spacial score (nSPS) is 20.4. The second kappa shape index (κ2) is 6.41. The Morgan fingerprint density at radius 2 is 2.28 bits per heavy atom. The van der Waals surface area contributed by atoms with Crippen LogP contribution in [0.5, 0.6) is 0 Å². The van der Waals surface area contributed by atoms with Gasteiger partial charge in [0, 0.05) is 35.5 Å². The Balaban J connectivity index is 2.03. The number of aliphatic hydroxyl groups excluding tert-OH is 1. The number of nitrogens with two attached hydrogens (primary N) is 1. The molecule has 0 bridgehead atoms. The van der Waals surface area contributed by atoms with Crippen LogP contribution in [-0.2, 0) is 6.54 Å². The van der Waals surface area contributed by atoms with Gasteiger partial charge in [0.05, 0.1) is 0 Å². The maximum Gasteiger partial charge on any atom is 0.0471 e. The lowest BCUT2D eigenvalue weighted by Gasteiger charge is -2.25. The fourth-order valence-electron chi connectivity index (χ4n) is 2.70. The quantitative estimate of drug-likeness (QED) is 0.808. The molecule has 1 aromatic rings. The van der Waals surface area contributed by atoms with Crippen LogP contribution in [0, 0.1) is 0 Å². The van der Waals surface area contributed by atoms with E-state index in [1.165, 1.54) is 12.8 Å². The molecule has 3 N–H and O–H groups in total. The minimum absolute atomic E-state index is 0.276. The van der Waals surface area contributed by atoms with Gasteiger partial charge in [-0.15, -0.1) is 0 Å². The number of nitrogen functional groups attached to an aromatic ring is 1. The Morgan fingerprint density at radius 1 is 1.44 bits per heavy atom. The van der Waals surface area contributed by atoms with E-state index in [1.54, 1.807) is 0 Å². The molecule has 100 valence electrons. The van der Waals surface area contributed by atoms with Gasteiger partial charge in [-0.1, -0.05) is 17.7 Å². The third-order valence-corrected chi connectivity index (χ3v) is 4.06. The summed E-state index contributed by atoms with van der Waals surface area (Å²) in [5.74, 6) is 0. The highest BCUT2D eigenvalue weighted by Gasteiger charge is 2.24. The molecule has 4 heteroatoms. The summed E-state index contributed by atoms with van der Waals surface area (Å²) < 4.78 is 0. The predicted octanol–water partition coefficient (Wildman–Crippen LogP) is 2.66. The van der Waals surface area contributed by atoms with Gasteiger partial charge >= 0.3 is 0 Å². The number of hydrogen-bond acceptors (Lipinski definition) is 3. The largest absolute Gasteiger partial charge is 0.398 e. The van der Waals surface area contributed by atoms with E-state index in [0.717, 1.165) is 42.2 Å². The van der Waals surface area contributed by atoms with Crippen LogP contribution in [0.4, 0.5) is 5.69 Å². The Labute approximate surface area is 114 Å². The molecule has 3 nitrogen and oxygen atoms in total. The summed E-state index contributed by atoms with van der Waals surface area (Å²) in [6.07, 6.45) is 4.37. The minimum Gasteiger partial charge on any atom is -0.398 e. The zero-order valence-corrected chi connectivity index (χ0v) is 11.4. The van der Waals surface area contributed by atoms with Crippen LogP contribution in [0.3, 0.4) is 0 Å². The van der Waals surface area contributed by atoms with Gasteiger partial charge in [-0.3, -0.25) is 4.90 Å². The van der Waals surface area contributed by atoms with E-state index >= 15 is 0 Å². The van der Waals surface area contributed by atoms with Crippen LogP contribution in [0.1, 0.15) is 31.2 Å². The zero-order chi connectivity index (χ0) is 13.0. The molecule has 0 radical (unpaired) electrons. The smallest absolute Gasteiger partial charge is 0.0471 e. The van der Waals surface area contributed by atoms with E-state index in [1.807, 2.05) is 18.2 Å². The molecule has 1 aliphatic heterocycles. The van der Waals surface area contributed by atoms with Crippen LogP contribution >= 0.6 is 11.6 Å². The molecule has 1 heterocycles. The number of halogens is 1. The van der Waals surface area contributed by atoms with Crippen molar-refractivity contribution in [2.45, 2.75) is 38.3 Å². The lowest BCUT2D eigenvalue weighted by atomic mass is 10.1. The summed E-state index contributed by atoms with van der Waals surface area (Å²) in [5.41, 5.74) is 7.80. The minimum atomic E-state index is 0.276. The van der Waals surface area contributed by atoms with Crippen molar-refractivity contribution in [1.29, 1.82) is 0 Å². The average Bonchev–Trinajstić information content (AvgIpc) is 2.79. The molecule has 18 heavy (non-hydrogen) atoms. The molecule has 0 saturated carbocycles. The van der Waals surface area contributed by atoms with Gasteiger partial charge in [0.2, 0.25) is 0 Å². The summed E-state index contributed by atoms with van der Waals surface area (Å²) in [7, 11) is 0. The standard InChI is InChI=1S/C14H21ClN2O/c15-13-6-1-7-14(16)12(13)10-17-8-2-4-11(17)5-3-9-18/h1,6-7,11,18H,2-5,8-10,16H2. The van der Waals surface area contributed by atoms with Crippen molar-refractivity contribution in [3.63, 3.8) is 0 Å². The third kappa shape index (κ3) is 3.16. The van der Waals surface area contributed by atoms with Gasteiger partial charge in [0.25, 0.3) is 0 Å². The molecule has 1 fully saturated rings. The number of hydrogen-bond donors (Lipinski definition) is 2. The monoisotopic (exact) mass is 268 g/mol. The van der Waals surface area contributed by atoms with Crippen molar-refractivity contribution < 1.29 is 5.11 Å². The van der Waals surface area contributed by atoms with Crippen molar-refractivity contribution >= 4 is 17.3 Å². The average molecular weight is 269 g/mol. The van der Waals surface area contributed by atoms with E-state index < -0.39 is 0 Å². The van der Waals surface area contributed by atoms with Gasteiger partial charge in [-0.25, -0.2) is 0 Å². The van der Waals surface area contributed by atoms with Gasteiger partial charge in [-0.05, 0) is 44.4 Å². The molecule has 1 atom stereocenters. The van der Waals surface area contributed by atoms with Crippen LogP contribution in [0.25, 0.3) is 0 Å². The SMILES string of the molecule is Nc1cccc(Cl)c1CN1CCCC1CCCO. The highest BCUT2D eigenvalue weighted by molar-refractivity contribution is 6.31. The highest BCUT2D eigenvalue weighted by atomic mass is 35.5. The van der Waals surface area contributed by atoms with Crippen molar-refractivity contribution in [3.05, 3.63) is 28.8 Å². The van der Waals surface area contributed by atoms with Crippen molar-refractivity contribution in [1.82, 2.24) is 4.90 Å². The third-order valence-electron chi connectivity index (χ3n) is 3.71. The first-order chi connectivity index (χ1) is 8.72. The van der Waals surface area contributed by atoms with Gasteiger partial charge in [0.15, 0.2) is 0 Å². The summed E-state index contributed by atoms with van der Waals surface area (Å²) in [6, 6.07) is 6.24. The van der Waals surface area contributed by atoms with Crippen molar-refractivity contribution in [3.8, 4) is 0 Å². The molecule has 2 rings (SSSR count). The molecule has 1 aliphatic rings. The molecule has 0 amide bonds. The van der Waals surface area contributed by atoms with E-state index in [-0.39, 0.29) is 6.61 Å². The van der Waals surface area contributed by atoms with E-state index in [0.29, 0.717) is 6.04 Å². The second-order valence-corrected chi connectivity index (χ2v) is 5.35. The number of nitrogens with zero attached hydrogens (tertiary/aromatic N) is 1. The van der Waals surface area contributed by atoms with E-state index in [2.05, 4.69) is 4.90 Å². The Kier molecular flexibility index (Phi) is 4.87. The molecule has 0 spiro atoms. The summed E-state index contributed by atoms with van der Waals surface area (Å²) in [4.78, 5) is 2.44. The Bertz CT molecular complexity index is 377. The summed E-state index contributed by atoms with van der Waals surface area (Å²) in [5, 5.41) is 9.68. The van der Waals surface area contributed by atoms with Crippen LogP contribution in [-0.4, -0.2) is 29.2 Å². The maximum atomic E-state index is 8.93. The molecule has 1 saturated heterocycles. The van der Waals surface area contributed by atoms with Gasteiger partial charge < -0.3 is 10.8 Å². The number of benzene rings is 1. The molecule has 0 aliphatic carbocycles. The molecular weight excluding hydrogens is 248 g/mol. The zero-order valence-electron chi connectivity index (χ0n) is 10.6. The molecule has 0 aromatic heterocycles. The highest BCUT2D eigenvalue weighted by Crippen LogP contribution is 2.28. The van der Waals surface area contributed by atoms with Crippen LogP contribution in [0.15, 0.2) is 18.2 Å². The van der Waals surface area contributed by atoms with Crippen molar-refractivity contribution in [2.24, 2.45) is 0 Å². The second-order valence-electron chi connectivity index (χ2n) is 4.94. The summed E-state index contributed by atoms with van der Waals surface area (Å²) >= 11 is 6.21. The first-order valence-electron chi connectivity index (χ1n) is 6.60. The van der Waals surface area contributed by atoms with Crippen molar-refractivity contribution in [2.75, 3.05) is 18.9 Å². The predicted molar refractivity (Wildman–Crippen MR) is 75.6 cm³/mol. The number of aliphatic hydroxyl groups is 1. The van der Waals surface area contributed by atoms with Gasteiger partial charge in [0.1, 0.15) is 0 Å². The molecular formula is C14H21ClN2O. The maximum absolute atomic E-state index is 8.93. The Morgan fingerprint density at radius 3 is 3.00 bits per heavy atom. The summed E-state index contributed by atoms with van der Waals surface area (Å²) in [6.45, 7) is 2.20.